The van der Waals surface area contributed by atoms with E-state index in [2.05, 4.69) is 16.7 Å². The molecule has 1 rings (SSSR count). The van der Waals surface area contributed by atoms with Gasteiger partial charge in [0.2, 0.25) is 10.4 Å². The Balaban J connectivity index is 0.000000688. The first kappa shape index (κ1) is 21.5. The average molecular weight is 367 g/mol. The molecule has 132 valence electrons. The Morgan fingerprint density at radius 1 is 1.22 bits per heavy atom. The van der Waals surface area contributed by atoms with Gasteiger partial charge in [0.15, 0.2) is 10.6 Å². The van der Waals surface area contributed by atoms with Crippen LogP contribution in [0.4, 0.5) is 4.79 Å². The molecule has 0 saturated heterocycles. The quantitative estimate of drug-likeness (QED) is 0.445. The fourth-order valence-electron chi connectivity index (χ4n) is 1.24. The minimum absolute atomic E-state index is 0.104. The monoisotopic (exact) mass is 367 g/mol. The lowest BCUT2D eigenvalue weighted by Gasteiger charge is -2.12. The second kappa shape index (κ2) is 9.60. The lowest BCUT2D eigenvalue weighted by atomic mass is 10.3. The third-order valence-electron chi connectivity index (χ3n) is 2.35. The molecule has 8 nitrogen and oxygen atoms in total. The molecule has 0 aliphatic heterocycles. The summed E-state index contributed by atoms with van der Waals surface area (Å²) in [5, 5.41) is 0. The van der Waals surface area contributed by atoms with Crippen molar-refractivity contribution >= 4 is 27.4 Å². The highest BCUT2D eigenvalue weighted by molar-refractivity contribution is 7.95. The Morgan fingerprint density at radius 3 is 2.09 bits per heavy atom. The van der Waals surface area contributed by atoms with Gasteiger partial charge in [-0.3, -0.25) is 4.18 Å². The van der Waals surface area contributed by atoms with Gasteiger partial charge in [0.1, 0.15) is 18.3 Å². The van der Waals surface area contributed by atoms with Crippen LogP contribution in [0.3, 0.4) is 0 Å². The van der Waals surface area contributed by atoms with Crippen molar-refractivity contribution in [2.45, 2.75) is 4.90 Å². The molecule has 0 atom stereocenters. The second-order valence-corrected chi connectivity index (χ2v) is 7.69. The number of rotatable bonds is 4. The van der Waals surface area contributed by atoms with Crippen LogP contribution in [0.5, 0.6) is 11.5 Å². The highest BCUT2D eigenvalue weighted by atomic mass is 32.3. The van der Waals surface area contributed by atoms with Gasteiger partial charge in [-0.25, -0.2) is 13.2 Å². The molecule has 1 aromatic rings. The minimum Gasteiger partial charge on any atom is -0.726 e. The van der Waals surface area contributed by atoms with E-state index in [-0.39, 0.29) is 10.9 Å². The summed E-state index contributed by atoms with van der Waals surface area (Å²) in [5.74, 6) is 1.25. The van der Waals surface area contributed by atoms with Crippen molar-refractivity contribution in [2.24, 2.45) is 0 Å². The molecular formula is C13H21NO7S2. The molecular weight excluding hydrogens is 346 g/mol. The van der Waals surface area contributed by atoms with Crippen LogP contribution in [0.15, 0.2) is 23.1 Å². The Kier molecular flexibility index (Phi) is 8.98. The smallest absolute Gasteiger partial charge is 0.414 e. The minimum atomic E-state index is -4.41. The first-order valence-corrected chi connectivity index (χ1v) is 9.55. The van der Waals surface area contributed by atoms with Gasteiger partial charge in [-0.15, -0.1) is 0 Å². The van der Waals surface area contributed by atoms with Gasteiger partial charge in [-0.1, -0.05) is 0 Å². The largest absolute Gasteiger partial charge is 0.726 e. The number of hydrogen-bond donors (Lipinski definition) is 0. The molecule has 0 bridgehead atoms. The zero-order valence-electron chi connectivity index (χ0n) is 13.9. The number of ether oxygens (including phenoxy) is 2. The van der Waals surface area contributed by atoms with Crippen molar-refractivity contribution in [3.63, 3.8) is 0 Å². The van der Waals surface area contributed by atoms with Gasteiger partial charge in [0, 0.05) is 37.1 Å². The van der Waals surface area contributed by atoms with E-state index in [4.69, 9.17) is 9.47 Å². The predicted molar refractivity (Wildman–Crippen MR) is 86.9 cm³/mol. The molecule has 0 unspecified atom stereocenters. The zero-order valence-corrected chi connectivity index (χ0v) is 15.5. The lowest BCUT2D eigenvalue weighted by molar-refractivity contribution is 0.171. The van der Waals surface area contributed by atoms with E-state index >= 15 is 0 Å². The first-order chi connectivity index (χ1) is 10.5. The Bertz CT molecular complexity index is 615. The molecule has 0 radical (unpaired) electrons. The third-order valence-corrected chi connectivity index (χ3v) is 3.97. The number of carbonyl (C=O) groups is 1. The Labute approximate surface area is 139 Å². The molecule has 0 saturated carbocycles. The van der Waals surface area contributed by atoms with Gasteiger partial charge in [0.25, 0.3) is 0 Å². The Morgan fingerprint density at radius 2 is 1.74 bits per heavy atom. The van der Waals surface area contributed by atoms with Crippen LogP contribution in [0, 0.1) is 0 Å². The first-order valence-electron chi connectivity index (χ1n) is 6.18. The second-order valence-electron chi connectivity index (χ2n) is 4.47. The van der Waals surface area contributed by atoms with Crippen molar-refractivity contribution < 1.29 is 31.4 Å². The average Bonchev–Trinajstić information content (AvgIpc) is 2.46. The standard InChI is InChI=1S/C12H18NO3S.CH4O4S/c1-13(2)12(14)16-9-6-7-11(17(4)5)10(8-9)15-3;1-5-6(2,3)4/h6-8H,1-5H3;1H3,(H,2,3,4)/q+1;/p-1. The molecule has 0 N–H and O–H groups in total. The molecule has 1 aromatic carbocycles. The van der Waals surface area contributed by atoms with Crippen molar-refractivity contribution in [3.05, 3.63) is 18.2 Å². The van der Waals surface area contributed by atoms with E-state index in [1.807, 2.05) is 6.07 Å². The normalized spacial score (nSPS) is 10.6. The molecule has 0 aliphatic carbocycles. The van der Waals surface area contributed by atoms with E-state index in [0.717, 1.165) is 17.8 Å². The SMILES string of the molecule is COS(=O)(=O)[O-].COc1cc(OC(=O)N(C)C)ccc1[S+](C)C. The molecule has 1 amide bonds. The van der Waals surface area contributed by atoms with E-state index in [1.165, 1.54) is 4.90 Å². The van der Waals surface area contributed by atoms with Crippen LogP contribution in [-0.4, -0.2) is 64.8 Å². The Hall–Kier alpha value is -1.49. The lowest BCUT2D eigenvalue weighted by Crippen LogP contribution is -2.25. The molecule has 0 aliphatic rings. The summed E-state index contributed by atoms with van der Waals surface area (Å²) < 4.78 is 41.5. The fourth-order valence-corrected chi connectivity index (χ4v) is 2.13. The van der Waals surface area contributed by atoms with E-state index < -0.39 is 16.5 Å². The number of amides is 1. The van der Waals surface area contributed by atoms with Crippen molar-refractivity contribution in [1.29, 1.82) is 0 Å². The van der Waals surface area contributed by atoms with E-state index in [1.54, 1.807) is 33.3 Å². The zero-order chi connectivity index (χ0) is 18.2. The van der Waals surface area contributed by atoms with Crippen LogP contribution in [-0.2, 0) is 25.5 Å². The van der Waals surface area contributed by atoms with Crippen LogP contribution in [0.2, 0.25) is 0 Å². The maximum Gasteiger partial charge on any atom is 0.414 e. The highest BCUT2D eigenvalue weighted by Crippen LogP contribution is 2.28. The fraction of sp³-hybridized carbons (Fsp3) is 0.462. The number of hydrogen-bond acceptors (Lipinski definition) is 7. The van der Waals surface area contributed by atoms with E-state index in [0.29, 0.717) is 5.75 Å². The molecule has 0 heterocycles. The van der Waals surface area contributed by atoms with Crippen LogP contribution >= 0.6 is 0 Å². The molecule has 0 aromatic heterocycles. The van der Waals surface area contributed by atoms with Crippen molar-refractivity contribution in [2.75, 3.05) is 40.8 Å². The summed E-state index contributed by atoms with van der Waals surface area (Å²) in [7, 11) is 1.40. The molecule has 23 heavy (non-hydrogen) atoms. The number of carbonyl (C=O) groups excluding carboxylic acids is 1. The summed E-state index contributed by atoms with van der Waals surface area (Å²) in [6.07, 6.45) is 3.83. The summed E-state index contributed by atoms with van der Waals surface area (Å²) >= 11 is 0. The summed E-state index contributed by atoms with van der Waals surface area (Å²) in [6.45, 7) is 0. The number of nitrogens with zero attached hydrogens (tertiary/aromatic N) is 1. The topological polar surface area (TPSA) is 105 Å². The van der Waals surface area contributed by atoms with Gasteiger partial charge >= 0.3 is 6.09 Å². The van der Waals surface area contributed by atoms with Gasteiger partial charge < -0.3 is 18.9 Å². The van der Waals surface area contributed by atoms with Gasteiger partial charge in [0.05, 0.1) is 14.2 Å². The van der Waals surface area contributed by atoms with Crippen LogP contribution in [0.1, 0.15) is 0 Å². The molecule has 10 heteroatoms. The number of benzene rings is 1. The third kappa shape index (κ3) is 8.65. The maximum atomic E-state index is 11.4. The summed E-state index contributed by atoms with van der Waals surface area (Å²) in [5.41, 5.74) is 0. The summed E-state index contributed by atoms with van der Waals surface area (Å²) in [6, 6.07) is 5.45. The van der Waals surface area contributed by atoms with Crippen LogP contribution in [0.25, 0.3) is 0 Å². The van der Waals surface area contributed by atoms with Crippen LogP contribution < -0.4 is 9.47 Å². The van der Waals surface area contributed by atoms with E-state index in [9.17, 15) is 17.8 Å². The number of methoxy groups -OCH3 is 1. The highest BCUT2D eigenvalue weighted by Gasteiger charge is 2.17. The molecule has 0 spiro atoms. The van der Waals surface area contributed by atoms with Gasteiger partial charge in [-0.05, 0) is 6.07 Å². The predicted octanol–water partition coefficient (Wildman–Crippen LogP) is 1.09. The van der Waals surface area contributed by atoms with Crippen molar-refractivity contribution in [3.8, 4) is 11.5 Å². The maximum absolute atomic E-state index is 11.4. The summed E-state index contributed by atoms with van der Waals surface area (Å²) in [4.78, 5) is 13.9. The molecule has 0 fully saturated rings. The van der Waals surface area contributed by atoms with Gasteiger partial charge in [-0.2, -0.15) is 0 Å². The van der Waals surface area contributed by atoms with Crippen molar-refractivity contribution in [1.82, 2.24) is 4.90 Å².